The summed E-state index contributed by atoms with van der Waals surface area (Å²) in [7, 11) is 0. The average molecular weight is 245 g/mol. The van der Waals surface area contributed by atoms with Gasteiger partial charge in [0.15, 0.2) is 0 Å². The van der Waals surface area contributed by atoms with Gasteiger partial charge in [-0.05, 0) is 40.0 Å². The molecule has 0 spiro atoms. The summed E-state index contributed by atoms with van der Waals surface area (Å²) in [4.78, 5) is 13.5. The monoisotopic (exact) mass is 245 g/mol. The molecule has 2 rings (SSSR count). The van der Waals surface area contributed by atoms with Crippen molar-refractivity contribution in [3.63, 3.8) is 0 Å². The number of aliphatic hydroxyl groups excluding tert-OH is 1. The van der Waals surface area contributed by atoms with Gasteiger partial charge in [-0.2, -0.15) is 0 Å². The zero-order chi connectivity index (χ0) is 12.8. The van der Waals surface area contributed by atoms with Crippen molar-refractivity contribution in [3.8, 4) is 0 Å². The fraction of sp³-hybridized carbons (Fsp3) is 0.917. The van der Waals surface area contributed by atoms with Gasteiger partial charge in [-0.3, -0.25) is 4.90 Å². The fourth-order valence-corrected chi connectivity index (χ4v) is 2.72. The van der Waals surface area contributed by atoms with Gasteiger partial charge < -0.3 is 9.84 Å². The quantitative estimate of drug-likeness (QED) is 0.708. The molecule has 0 aliphatic carbocycles. The van der Waals surface area contributed by atoms with Crippen LogP contribution in [0.4, 0.5) is 9.18 Å². The summed E-state index contributed by atoms with van der Waals surface area (Å²) in [6, 6.07) is -0.588. The molecule has 0 aromatic rings. The van der Waals surface area contributed by atoms with Crippen LogP contribution in [-0.4, -0.2) is 46.1 Å². The van der Waals surface area contributed by atoms with Crippen molar-refractivity contribution in [3.05, 3.63) is 0 Å². The van der Waals surface area contributed by atoms with Gasteiger partial charge in [-0.25, -0.2) is 9.18 Å². The van der Waals surface area contributed by atoms with Crippen molar-refractivity contribution in [2.24, 2.45) is 0 Å². The predicted molar refractivity (Wildman–Crippen MR) is 60.4 cm³/mol. The van der Waals surface area contributed by atoms with E-state index < -0.39 is 30.0 Å². The van der Waals surface area contributed by atoms with Crippen molar-refractivity contribution in [1.29, 1.82) is 0 Å². The molecule has 0 aromatic carbocycles. The van der Waals surface area contributed by atoms with Gasteiger partial charge in [0.2, 0.25) is 0 Å². The number of hydrogen-bond acceptors (Lipinski definition) is 3. The molecule has 2 aliphatic rings. The van der Waals surface area contributed by atoms with Gasteiger partial charge >= 0.3 is 6.09 Å². The minimum atomic E-state index is -1.35. The van der Waals surface area contributed by atoms with E-state index in [0.29, 0.717) is 12.8 Å². The van der Waals surface area contributed by atoms with E-state index in [-0.39, 0.29) is 6.04 Å². The fourth-order valence-electron chi connectivity index (χ4n) is 2.72. The third-order valence-electron chi connectivity index (χ3n) is 3.40. The minimum Gasteiger partial charge on any atom is -0.444 e. The third kappa shape index (κ3) is 2.39. The highest BCUT2D eigenvalue weighted by atomic mass is 19.1. The standard InChI is InChI=1S/C12H20FNO3/c1-12(2,3)17-11(16)14-7-4-5-8(14)10(13)9(15)6-7/h7-10,15H,4-6H2,1-3H3/t7-,8-,9+,10-/m1/s1. The summed E-state index contributed by atoms with van der Waals surface area (Å²) in [5.74, 6) is 0. The SMILES string of the molecule is CC(C)(C)OC(=O)N1[C@@H]2CC[C@@H]1[C@@H](F)[C@@H](O)C2. The Morgan fingerprint density at radius 1 is 1.41 bits per heavy atom. The Kier molecular flexibility index (Phi) is 3.06. The Morgan fingerprint density at radius 3 is 2.65 bits per heavy atom. The molecular weight excluding hydrogens is 225 g/mol. The van der Waals surface area contributed by atoms with Crippen LogP contribution in [-0.2, 0) is 4.74 Å². The molecule has 4 atom stereocenters. The Morgan fingerprint density at radius 2 is 2.06 bits per heavy atom. The lowest BCUT2D eigenvalue weighted by molar-refractivity contribution is -0.0478. The van der Waals surface area contributed by atoms with Crippen LogP contribution < -0.4 is 0 Å². The zero-order valence-corrected chi connectivity index (χ0v) is 10.5. The van der Waals surface area contributed by atoms with Crippen LogP contribution in [0.1, 0.15) is 40.0 Å². The van der Waals surface area contributed by atoms with Crippen molar-refractivity contribution in [2.75, 3.05) is 0 Å². The molecule has 2 aliphatic heterocycles. The first-order valence-electron chi connectivity index (χ1n) is 6.13. The molecule has 2 fully saturated rings. The van der Waals surface area contributed by atoms with E-state index in [9.17, 15) is 14.3 Å². The number of alkyl halides is 1. The Balaban J connectivity index is 2.10. The summed E-state index contributed by atoms with van der Waals surface area (Å²) in [5, 5.41) is 9.54. The number of piperidine rings is 1. The van der Waals surface area contributed by atoms with Gasteiger partial charge in [-0.1, -0.05) is 0 Å². The first-order valence-corrected chi connectivity index (χ1v) is 6.13. The number of rotatable bonds is 0. The van der Waals surface area contributed by atoms with Crippen molar-refractivity contribution < 1.29 is 19.0 Å². The maximum absolute atomic E-state index is 13.8. The minimum absolute atomic E-state index is 0.0724. The number of ether oxygens (including phenoxy) is 1. The van der Waals surface area contributed by atoms with E-state index in [1.54, 1.807) is 20.8 Å². The van der Waals surface area contributed by atoms with Gasteiger partial charge in [-0.15, -0.1) is 0 Å². The molecule has 0 aromatic heterocycles. The topological polar surface area (TPSA) is 49.8 Å². The molecule has 4 nitrogen and oxygen atoms in total. The molecule has 2 heterocycles. The number of aliphatic hydroxyl groups is 1. The second-order valence-electron chi connectivity index (χ2n) is 5.93. The number of nitrogens with zero attached hydrogens (tertiary/aromatic N) is 1. The number of halogens is 1. The van der Waals surface area contributed by atoms with Gasteiger partial charge in [0.05, 0.1) is 12.1 Å². The summed E-state index contributed by atoms with van der Waals surface area (Å²) < 4.78 is 19.1. The second-order valence-corrected chi connectivity index (χ2v) is 5.93. The Labute approximate surface area is 101 Å². The molecule has 1 N–H and O–H groups in total. The van der Waals surface area contributed by atoms with Gasteiger partial charge in [0, 0.05) is 6.04 Å². The maximum Gasteiger partial charge on any atom is 0.410 e. The number of carbonyl (C=O) groups is 1. The molecule has 0 radical (unpaired) electrons. The van der Waals surface area contributed by atoms with E-state index in [1.165, 1.54) is 4.90 Å². The molecule has 98 valence electrons. The van der Waals surface area contributed by atoms with Gasteiger partial charge in [0.1, 0.15) is 11.8 Å². The van der Waals surface area contributed by atoms with E-state index in [1.807, 2.05) is 0 Å². The highest BCUT2D eigenvalue weighted by Gasteiger charge is 2.50. The summed E-state index contributed by atoms with van der Waals surface area (Å²) in [5.41, 5.74) is -0.571. The maximum atomic E-state index is 13.8. The van der Waals surface area contributed by atoms with Crippen molar-refractivity contribution in [2.45, 2.75) is 70.0 Å². The van der Waals surface area contributed by atoms with E-state index in [0.717, 1.165) is 6.42 Å². The first kappa shape index (κ1) is 12.6. The van der Waals surface area contributed by atoms with E-state index >= 15 is 0 Å². The summed E-state index contributed by atoms with van der Waals surface area (Å²) in [6.45, 7) is 5.37. The number of fused-ring (bicyclic) bond motifs is 2. The largest absolute Gasteiger partial charge is 0.444 e. The summed E-state index contributed by atoms with van der Waals surface area (Å²) >= 11 is 0. The molecule has 1 amide bonds. The normalized spacial score (nSPS) is 37.1. The Bertz CT molecular complexity index is 315. The van der Waals surface area contributed by atoms with Crippen LogP contribution in [0.15, 0.2) is 0 Å². The Hall–Kier alpha value is -0.840. The van der Waals surface area contributed by atoms with Crippen LogP contribution in [0.3, 0.4) is 0 Å². The molecule has 2 bridgehead atoms. The zero-order valence-electron chi connectivity index (χ0n) is 10.5. The van der Waals surface area contributed by atoms with Crippen LogP contribution in [0.25, 0.3) is 0 Å². The van der Waals surface area contributed by atoms with E-state index in [2.05, 4.69) is 0 Å². The first-order chi connectivity index (χ1) is 7.79. The van der Waals surface area contributed by atoms with Crippen molar-refractivity contribution in [1.82, 2.24) is 4.90 Å². The average Bonchev–Trinajstić information content (AvgIpc) is 2.51. The second kappa shape index (κ2) is 4.12. The molecule has 17 heavy (non-hydrogen) atoms. The smallest absolute Gasteiger partial charge is 0.410 e. The van der Waals surface area contributed by atoms with Gasteiger partial charge in [0.25, 0.3) is 0 Å². The highest BCUT2D eigenvalue weighted by molar-refractivity contribution is 5.69. The van der Waals surface area contributed by atoms with E-state index in [4.69, 9.17) is 4.74 Å². The number of carbonyl (C=O) groups excluding carboxylic acids is 1. The summed E-state index contributed by atoms with van der Waals surface area (Å²) in [6.07, 6.45) is -1.06. The molecule has 0 unspecified atom stereocenters. The number of hydrogen-bond donors (Lipinski definition) is 1. The lowest BCUT2D eigenvalue weighted by Gasteiger charge is -2.39. The lowest BCUT2D eigenvalue weighted by Crippen LogP contribution is -2.55. The molecular formula is C12H20FNO3. The van der Waals surface area contributed by atoms with Crippen LogP contribution in [0, 0.1) is 0 Å². The number of amides is 1. The highest BCUT2D eigenvalue weighted by Crippen LogP contribution is 2.38. The van der Waals surface area contributed by atoms with Crippen molar-refractivity contribution >= 4 is 6.09 Å². The lowest BCUT2D eigenvalue weighted by atomic mass is 9.98. The molecule has 5 heteroatoms. The predicted octanol–water partition coefficient (Wildman–Crippen LogP) is 1.86. The third-order valence-corrected chi connectivity index (χ3v) is 3.40. The van der Waals surface area contributed by atoms with Crippen LogP contribution in [0.5, 0.6) is 0 Å². The van der Waals surface area contributed by atoms with Crippen LogP contribution in [0.2, 0.25) is 0 Å². The van der Waals surface area contributed by atoms with Crippen LogP contribution >= 0.6 is 0 Å². The molecule has 0 saturated carbocycles. The molecule has 2 saturated heterocycles.